The fraction of sp³-hybridized carbons (Fsp3) is 0.923. The van der Waals surface area contributed by atoms with Gasteiger partial charge < -0.3 is 15.0 Å². The third-order valence-corrected chi connectivity index (χ3v) is 3.78. The maximum atomic E-state index is 12.4. The fourth-order valence-electron chi connectivity index (χ4n) is 2.81. The van der Waals surface area contributed by atoms with Crippen molar-refractivity contribution in [3.8, 4) is 0 Å². The van der Waals surface area contributed by atoms with E-state index >= 15 is 0 Å². The van der Waals surface area contributed by atoms with Crippen molar-refractivity contribution in [3.63, 3.8) is 0 Å². The molecule has 0 bridgehead atoms. The summed E-state index contributed by atoms with van der Waals surface area (Å²) in [6, 6.07) is 0.371. The number of rotatable bonds is 4. The molecule has 2 saturated heterocycles. The summed E-state index contributed by atoms with van der Waals surface area (Å²) in [6.45, 7) is 5.35. The van der Waals surface area contributed by atoms with Gasteiger partial charge in [-0.1, -0.05) is 0 Å². The molecule has 1 N–H and O–H groups in total. The monoisotopic (exact) mass is 240 g/mol. The SMILES string of the molecule is CCOC[C@@H]1CCCCN1C(=O)[C@H]1CCCN1. The van der Waals surface area contributed by atoms with E-state index in [0.717, 1.165) is 45.4 Å². The van der Waals surface area contributed by atoms with Crippen LogP contribution >= 0.6 is 0 Å². The van der Waals surface area contributed by atoms with Gasteiger partial charge in [0.15, 0.2) is 0 Å². The van der Waals surface area contributed by atoms with Crippen LogP contribution in [0.4, 0.5) is 0 Å². The van der Waals surface area contributed by atoms with Gasteiger partial charge in [-0.2, -0.15) is 0 Å². The number of hydrogen-bond acceptors (Lipinski definition) is 3. The van der Waals surface area contributed by atoms with Crippen molar-refractivity contribution >= 4 is 5.91 Å². The van der Waals surface area contributed by atoms with E-state index in [4.69, 9.17) is 4.74 Å². The zero-order valence-corrected chi connectivity index (χ0v) is 10.8. The number of nitrogens with zero attached hydrogens (tertiary/aromatic N) is 1. The van der Waals surface area contributed by atoms with Crippen molar-refractivity contribution in [1.29, 1.82) is 0 Å². The molecule has 0 aromatic rings. The van der Waals surface area contributed by atoms with Crippen LogP contribution in [0.3, 0.4) is 0 Å². The van der Waals surface area contributed by atoms with Crippen molar-refractivity contribution in [3.05, 3.63) is 0 Å². The Hall–Kier alpha value is -0.610. The van der Waals surface area contributed by atoms with E-state index in [1.807, 2.05) is 6.92 Å². The Morgan fingerprint density at radius 3 is 2.94 bits per heavy atom. The fourth-order valence-corrected chi connectivity index (χ4v) is 2.81. The first-order chi connectivity index (χ1) is 8.33. The van der Waals surface area contributed by atoms with Crippen LogP contribution in [0.25, 0.3) is 0 Å². The largest absolute Gasteiger partial charge is 0.380 e. The Bertz CT molecular complexity index is 252. The Morgan fingerprint density at radius 1 is 1.35 bits per heavy atom. The number of piperidine rings is 1. The van der Waals surface area contributed by atoms with Crippen molar-refractivity contribution in [2.75, 3.05) is 26.3 Å². The van der Waals surface area contributed by atoms with E-state index in [-0.39, 0.29) is 6.04 Å². The van der Waals surface area contributed by atoms with Crippen LogP contribution in [0.1, 0.15) is 39.0 Å². The first-order valence-electron chi connectivity index (χ1n) is 6.94. The van der Waals surface area contributed by atoms with Gasteiger partial charge in [0.25, 0.3) is 0 Å². The third-order valence-electron chi connectivity index (χ3n) is 3.78. The summed E-state index contributed by atoms with van der Waals surface area (Å²) in [4.78, 5) is 14.4. The molecule has 0 spiro atoms. The molecule has 0 saturated carbocycles. The molecule has 2 atom stereocenters. The molecule has 0 aromatic carbocycles. The highest BCUT2D eigenvalue weighted by molar-refractivity contribution is 5.82. The lowest BCUT2D eigenvalue weighted by atomic mass is 10.0. The van der Waals surface area contributed by atoms with Gasteiger partial charge in [0, 0.05) is 13.2 Å². The molecule has 98 valence electrons. The molecule has 0 aromatic heterocycles. The van der Waals surface area contributed by atoms with Crippen LogP contribution in [0.5, 0.6) is 0 Å². The lowest BCUT2D eigenvalue weighted by Crippen LogP contribution is -2.52. The van der Waals surface area contributed by atoms with Gasteiger partial charge in [-0.3, -0.25) is 4.79 Å². The van der Waals surface area contributed by atoms with Gasteiger partial charge in [-0.15, -0.1) is 0 Å². The van der Waals surface area contributed by atoms with Crippen LogP contribution in [-0.4, -0.2) is 49.2 Å². The standard InChI is InChI=1S/C13H24N2O2/c1-2-17-10-11-6-3-4-9-15(11)13(16)12-7-5-8-14-12/h11-12,14H,2-10H2,1H3/t11-,12+/m0/s1. The van der Waals surface area contributed by atoms with E-state index in [1.54, 1.807) is 0 Å². The van der Waals surface area contributed by atoms with E-state index < -0.39 is 0 Å². The zero-order valence-electron chi connectivity index (χ0n) is 10.8. The number of amides is 1. The molecule has 4 nitrogen and oxygen atoms in total. The zero-order chi connectivity index (χ0) is 12.1. The van der Waals surface area contributed by atoms with Gasteiger partial charge in [0.1, 0.15) is 0 Å². The van der Waals surface area contributed by atoms with Gasteiger partial charge in [0.05, 0.1) is 18.7 Å². The second-order valence-electron chi connectivity index (χ2n) is 4.99. The molecule has 2 aliphatic heterocycles. The van der Waals surface area contributed by atoms with Crippen molar-refractivity contribution < 1.29 is 9.53 Å². The summed E-state index contributed by atoms with van der Waals surface area (Å²) in [7, 11) is 0. The van der Waals surface area contributed by atoms with Crippen LogP contribution in [0.2, 0.25) is 0 Å². The first-order valence-corrected chi connectivity index (χ1v) is 6.94. The molecule has 0 unspecified atom stereocenters. The molecule has 1 amide bonds. The quantitative estimate of drug-likeness (QED) is 0.801. The highest BCUT2D eigenvalue weighted by Gasteiger charge is 2.32. The Kier molecular flexibility index (Phi) is 4.80. The number of hydrogen-bond donors (Lipinski definition) is 1. The minimum atomic E-state index is 0.0669. The molecule has 2 rings (SSSR count). The Labute approximate surface area is 104 Å². The van der Waals surface area contributed by atoms with Crippen molar-refractivity contribution in [2.45, 2.75) is 51.1 Å². The summed E-state index contributed by atoms with van der Waals surface area (Å²) in [5.74, 6) is 0.298. The number of carbonyl (C=O) groups is 1. The molecular weight excluding hydrogens is 216 g/mol. The highest BCUT2D eigenvalue weighted by Crippen LogP contribution is 2.20. The molecule has 2 heterocycles. The lowest BCUT2D eigenvalue weighted by molar-refractivity contribution is -0.138. The molecular formula is C13H24N2O2. The molecule has 2 fully saturated rings. The summed E-state index contributed by atoms with van der Waals surface area (Å²) >= 11 is 0. The topological polar surface area (TPSA) is 41.6 Å². The second-order valence-corrected chi connectivity index (χ2v) is 4.99. The van der Waals surface area contributed by atoms with Crippen molar-refractivity contribution in [2.24, 2.45) is 0 Å². The van der Waals surface area contributed by atoms with Crippen LogP contribution in [-0.2, 0) is 9.53 Å². The van der Waals surface area contributed by atoms with Crippen LogP contribution in [0.15, 0.2) is 0 Å². The summed E-state index contributed by atoms with van der Waals surface area (Å²) in [6.07, 6.45) is 5.58. The van der Waals surface area contributed by atoms with E-state index in [2.05, 4.69) is 10.2 Å². The van der Waals surface area contributed by atoms with Gasteiger partial charge in [0.2, 0.25) is 5.91 Å². The number of carbonyl (C=O) groups excluding carboxylic acids is 1. The normalized spacial score (nSPS) is 29.6. The van der Waals surface area contributed by atoms with E-state index in [9.17, 15) is 4.79 Å². The average Bonchev–Trinajstić information content (AvgIpc) is 2.89. The van der Waals surface area contributed by atoms with Crippen LogP contribution < -0.4 is 5.32 Å². The molecule has 4 heteroatoms. The summed E-state index contributed by atoms with van der Waals surface area (Å²) in [5.41, 5.74) is 0. The second kappa shape index (κ2) is 6.36. The molecule has 17 heavy (non-hydrogen) atoms. The number of ether oxygens (including phenoxy) is 1. The maximum absolute atomic E-state index is 12.4. The summed E-state index contributed by atoms with van der Waals surface area (Å²) in [5, 5.41) is 3.30. The molecule has 0 radical (unpaired) electrons. The summed E-state index contributed by atoms with van der Waals surface area (Å²) < 4.78 is 5.50. The van der Waals surface area contributed by atoms with Crippen LogP contribution in [0, 0.1) is 0 Å². The molecule has 0 aliphatic carbocycles. The Balaban J connectivity index is 1.92. The minimum absolute atomic E-state index is 0.0669. The predicted molar refractivity (Wildman–Crippen MR) is 66.9 cm³/mol. The molecule has 2 aliphatic rings. The maximum Gasteiger partial charge on any atom is 0.240 e. The lowest BCUT2D eigenvalue weighted by Gasteiger charge is -2.37. The van der Waals surface area contributed by atoms with Crippen molar-refractivity contribution in [1.82, 2.24) is 10.2 Å². The Morgan fingerprint density at radius 2 is 2.24 bits per heavy atom. The van der Waals surface area contributed by atoms with Gasteiger partial charge >= 0.3 is 0 Å². The number of nitrogens with one attached hydrogen (secondary N) is 1. The first kappa shape index (κ1) is 12.8. The average molecular weight is 240 g/mol. The predicted octanol–water partition coefficient (Wildman–Crippen LogP) is 1.16. The van der Waals surface area contributed by atoms with Gasteiger partial charge in [-0.05, 0) is 45.6 Å². The van der Waals surface area contributed by atoms with E-state index in [1.165, 1.54) is 6.42 Å². The van der Waals surface area contributed by atoms with E-state index in [0.29, 0.717) is 18.6 Å². The highest BCUT2D eigenvalue weighted by atomic mass is 16.5. The third kappa shape index (κ3) is 3.19. The minimum Gasteiger partial charge on any atom is -0.380 e. The smallest absolute Gasteiger partial charge is 0.240 e. The van der Waals surface area contributed by atoms with Gasteiger partial charge in [-0.25, -0.2) is 0 Å². The number of likely N-dealkylation sites (tertiary alicyclic amines) is 1.